The fraction of sp³-hybridized carbons (Fsp3) is 1.00. The maximum atomic E-state index is 12.6. The van der Waals surface area contributed by atoms with Crippen molar-refractivity contribution in [3.8, 4) is 0 Å². The molecule has 0 saturated heterocycles. The van der Waals surface area contributed by atoms with Gasteiger partial charge in [0.05, 0.1) is 33.6 Å². The van der Waals surface area contributed by atoms with Gasteiger partial charge in [-0.15, -0.1) is 0 Å². The van der Waals surface area contributed by atoms with Crippen molar-refractivity contribution < 1.29 is 23.5 Å². The van der Waals surface area contributed by atoms with E-state index < -0.39 is 7.14 Å². The number of methoxy groups -OCH3 is 2. The summed E-state index contributed by atoms with van der Waals surface area (Å²) in [6, 6.07) is 0. The smallest absolute Gasteiger partial charge is 0.0876 e. The maximum Gasteiger partial charge on any atom is 0.0876 e. The van der Waals surface area contributed by atoms with Gasteiger partial charge in [0.1, 0.15) is 0 Å². The third-order valence-corrected chi connectivity index (χ3v) is 6.56. The normalized spacial score (nSPS) is 11.9. The second-order valence-electron chi connectivity index (χ2n) is 4.74. The van der Waals surface area contributed by atoms with Gasteiger partial charge in [-0.2, -0.15) is 0 Å². The van der Waals surface area contributed by atoms with E-state index in [2.05, 4.69) is 0 Å². The molecule has 0 rings (SSSR count). The molecule has 0 fully saturated rings. The fourth-order valence-electron chi connectivity index (χ4n) is 1.83. The summed E-state index contributed by atoms with van der Waals surface area (Å²) < 4.78 is 33.2. The van der Waals surface area contributed by atoms with Crippen LogP contribution in [0, 0.1) is 0 Å². The second kappa shape index (κ2) is 14.0. The maximum absolute atomic E-state index is 12.6. The van der Waals surface area contributed by atoms with Crippen molar-refractivity contribution in [1.29, 1.82) is 0 Å². The van der Waals surface area contributed by atoms with Gasteiger partial charge < -0.3 is 23.5 Å². The van der Waals surface area contributed by atoms with Crippen molar-refractivity contribution in [2.24, 2.45) is 0 Å². The van der Waals surface area contributed by atoms with Crippen molar-refractivity contribution in [2.45, 2.75) is 19.8 Å². The molecule has 122 valence electrons. The Balaban J connectivity index is 3.60. The van der Waals surface area contributed by atoms with E-state index in [1.807, 2.05) is 6.92 Å². The third kappa shape index (κ3) is 11.9. The van der Waals surface area contributed by atoms with Crippen LogP contribution in [0.3, 0.4) is 0 Å². The minimum atomic E-state index is -2.03. The predicted molar refractivity (Wildman–Crippen MR) is 82.5 cm³/mol. The average molecular weight is 310 g/mol. The lowest BCUT2D eigenvalue weighted by Crippen LogP contribution is -2.08. The van der Waals surface area contributed by atoms with E-state index in [1.165, 1.54) is 0 Å². The number of hydrogen-bond donors (Lipinski definition) is 0. The Bertz CT molecular complexity index is 228. The Hall–Kier alpha value is 0.0700. The van der Waals surface area contributed by atoms with E-state index in [1.54, 1.807) is 14.2 Å². The van der Waals surface area contributed by atoms with Gasteiger partial charge in [0.2, 0.25) is 0 Å². The van der Waals surface area contributed by atoms with Crippen LogP contribution < -0.4 is 0 Å². The molecular formula is C14H31O5P. The molecule has 0 aliphatic carbocycles. The zero-order chi connectivity index (χ0) is 15.1. The summed E-state index contributed by atoms with van der Waals surface area (Å²) in [7, 11) is 1.28. The zero-order valence-corrected chi connectivity index (χ0v) is 14.2. The highest BCUT2D eigenvalue weighted by Gasteiger charge is 2.18. The molecule has 0 N–H and O–H groups in total. The van der Waals surface area contributed by atoms with Crippen LogP contribution in [0.2, 0.25) is 0 Å². The SMILES string of the molecule is CCP(=O)(CCCOCCOC)CCCOCCOC. The van der Waals surface area contributed by atoms with Crippen LogP contribution in [0.5, 0.6) is 0 Å². The highest BCUT2D eigenvalue weighted by molar-refractivity contribution is 7.63. The molecular weight excluding hydrogens is 279 g/mol. The first-order chi connectivity index (χ1) is 9.68. The van der Waals surface area contributed by atoms with E-state index >= 15 is 0 Å². The molecule has 0 bridgehead atoms. The van der Waals surface area contributed by atoms with Crippen molar-refractivity contribution >= 4 is 7.14 Å². The minimum Gasteiger partial charge on any atom is -0.382 e. The van der Waals surface area contributed by atoms with Gasteiger partial charge in [-0.1, -0.05) is 6.92 Å². The Morgan fingerprint density at radius 2 is 1.20 bits per heavy atom. The van der Waals surface area contributed by atoms with Crippen molar-refractivity contribution in [2.75, 3.05) is 72.3 Å². The van der Waals surface area contributed by atoms with Gasteiger partial charge in [0.15, 0.2) is 0 Å². The van der Waals surface area contributed by atoms with Crippen LogP contribution in [0.15, 0.2) is 0 Å². The monoisotopic (exact) mass is 310 g/mol. The summed E-state index contributed by atoms with van der Waals surface area (Å²) in [4.78, 5) is 0. The van der Waals surface area contributed by atoms with Gasteiger partial charge in [0.25, 0.3) is 0 Å². The van der Waals surface area contributed by atoms with Crippen molar-refractivity contribution in [3.05, 3.63) is 0 Å². The Labute approximate surface area is 123 Å². The fourth-order valence-corrected chi connectivity index (χ4v) is 4.09. The average Bonchev–Trinajstić information content (AvgIpc) is 2.46. The quantitative estimate of drug-likeness (QED) is 0.343. The minimum absolute atomic E-state index is 0.611. The van der Waals surface area contributed by atoms with E-state index in [-0.39, 0.29) is 0 Å². The predicted octanol–water partition coefficient (Wildman–Crippen LogP) is 2.48. The molecule has 0 aromatic carbocycles. The van der Waals surface area contributed by atoms with E-state index in [0.717, 1.165) is 31.3 Å². The first kappa shape index (κ1) is 20.1. The highest BCUT2D eigenvalue weighted by Crippen LogP contribution is 2.46. The van der Waals surface area contributed by atoms with Crippen LogP contribution in [0.4, 0.5) is 0 Å². The molecule has 6 heteroatoms. The summed E-state index contributed by atoms with van der Waals surface area (Å²) in [5.41, 5.74) is 0. The molecule has 5 nitrogen and oxygen atoms in total. The van der Waals surface area contributed by atoms with Crippen LogP contribution in [-0.4, -0.2) is 72.3 Å². The molecule has 0 atom stereocenters. The van der Waals surface area contributed by atoms with Gasteiger partial charge in [-0.3, -0.25) is 0 Å². The molecule has 0 aliphatic heterocycles. The standard InChI is InChI=1S/C14H31O5P/c1-4-20(15,13-5-7-18-11-9-16-2)14-6-8-19-12-10-17-3/h4-14H2,1-3H3. The zero-order valence-electron chi connectivity index (χ0n) is 13.3. The Morgan fingerprint density at radius 3 is 1.55 bits per heavy atom. The van der Waals surface area contributed by atoms with E-state index in [9.17, 15) is 4.57 Å². The molecule has 0 saturated carbocycles. The largest absolute Gasteiger partial charge is 0.382 e. The van der Waals surface area contributed by atoms with Crippen LogP contribution in [-0.2, 0) is 23.5 Å². The van der Waals surface area contributed by atoms with Crippen LogP contribution >= 0.6 is 7.14 Å². The van der Waals surface area contributed by atoms with Crippen molar-refractivity contribution in [3.63, 3.8) is 0 Å². The molecule has 0 aromatic rings. The summed E-state index contributed by atoms with van der Waals surface area (Å²) in [5.74, 6) is 0. The van der Waals surface area contributed by atoms with Crippen molar-refractivity contribution in [1.82, 2.24) is 0 Å². The Kier molecular flexibility index (Phi) is 14.1. The van der Waals surface area contributed by atoms with Crippen LogP contribution in [0.1, 0.15) is 19.8 Å². The van der Waals surface area contributed by atoms with Gasteiger partial charge in [0, 0.05) is 39.8 Å². The lowest BCUT2D eigenvalue weighted by atomic mass is 10.5. The summed E-state index contributed by atoms with van der Waals surface area (Å²) in [5, 5.41) is 0. The topological polar surface area (TPSA) is 54.0 Å². The number of rotatable bonds is 15. The van der Waals surface area contributed by atoms with Crippen LogP contribution in [0.25, 0.3) is 0 Å². The molecule has 0 aliphatic rings. The first-order valence-electron chi connectivity index (χ1n) is 7.39. The summed E-state index contributed by atoms with van der Waals surface area (Å²) >= 11 is 0. The molecule has 0 spiro atoms. The van der Waals surface area contributed by atoms with E-state index in [0.29, 0.717) is 39.6 Å². The molecule has 0 amide bonds. The Morgan fingerprint density at radius 1 is 0.750 bits per heavy atom. The van der Waals surface area contributed by atoms with E-state index in [4.69, 9.17) is 18.9 Å². The lowest BCUT2D eigenvalue weighted by Gasteiger charge is -2.16. The first-order valence-corrected chi connectivity index (χ1v) is 9.65. The van der Waals surface area contributed by atoms with Gasteiger partial charge >= 0.3 is 0 Å². The molecule has 0 radical (unpaired) electrons. The summed E-state index contributed by atoms with van der Waals surface area (Å²) in [6.07, 6.45) is 4.03. The third-order valence-electron chi connectivity index (χ3n) is 3.15. The molecule has 0 aromatic heterocycles. The highest BCUT2D eigenvalue weighted by atomic mass is 31.2. The number of ether oxygens (including phenoxy) is 4. The molecule has 20 heavy (non-hydrogen) atoms. The van der Waals surface area contributed by atoms with Gasteiger partial charge in [-0.25, -0.2) is 0 Å². The molecule has 0 heterocycles. The van der Waals surface area contributed by atoms with Gasteiger partial charge in [-0.05, 0) is 19.0 Å². The molecule has 0 unspecified atom stereocenters. The lowest BCUT2D eigenvalue weighted by molar-refractivity contribution is 0.0706. The summed E-state index contributed by atoms with van der Waals surface area (Å²) in [6.45, 7) is 5.79. The number of hydrogen-bond acceptors (Lipinski definition) is 5. The second-order valence-corrected chi connectivity index (χ2v) is 8.38.